The molecule has 0 amide bonds. The number of aromatic nitrogens is 4. The number of nitrogens with zero attached hydrogens (tertiary/aromatic N) is 4. The van der Waals surface area contributed by atoms with Crippen molar-refractivity contribution in [2.24, 2.45) is 0 Å². The van der Waals surface area contributed by atoms with Gasteiger partial charge in [-0.05, 0) is 52.4 Å². The maximum Gasteiger partial charge on any atom is 0.416 e. The Balaban J connectivity index is 1.65. The first-order chi connectivity index (χ1) is 11.9. The molecule has 128 valence electrons. The number of alkyl halides is 3. The second kappa shape index (κ2) is 6.71. The minimum absolute atomic E-state index is 0.252. The zero-order chi connectivity index (χ0) is 17.9. The highest BCUT2D eigenvalue weighted by molar-refractivity contribution is 5.89. The summed E-state index contributed by atoms with van der Waals surface area (Å²) >= 11 is 0. The summed E-state index contributed by atoms with van der Waals surface area (Å²) in [6, 6.07) is 10.9. The number of carbonyl (C=O) groups is 1. The summed E-state index contributed by atoms with van der Waals surface area (Å²) in [5, 5.41) is 10.7. The Labute approximate surface area is 139 Å². The van der Waals surface area contributed by atoms with Gasteiger partial charge in [0, 0.05) is 0 Å². The van der Waals surface area contributed by atoms with E-state index in [2.05, 4.69) is 15.5 Å². The Kier molecular flexibility index (Phi) is 4.46. The summed E-state index contributed by atoms with van der Waals surface area (Å²) in [6.07, 6.45) is -3.03. The molecule has 0 bridgehead atoms. The van der Waals surface area contributed by atoms with Crippen LogP contribution in [-0.2, 0) is 17.5 Å². The van der Waals surface area contributed by atoms with Crippen LogP contribution in [0.3, 0.4) is 0 Å². The third-order valence-electron chi connectivity index (χ3n) is 3.34. The average Bonchev–Trinajstić information content (AvgIpc) is 3.14. The van der Waals surface area contributed by atoms with E-state index in [0.717, 1.165) is 12.1 Å². The molecule has 1 heterocycles. The molecule has 1 aromatic heterocycles. The maximum atomic E-state index is 12.7. The van der Waals surface area contributed by atoms with Gasteiger partial charge in [-0.15, -0.1) is 5.10 Å². The number of tetrazole rings is 1. The lowest BCUT2D eigenvalue weighted by atomic mass is 10.1. The zero-order valence-electron chi connectivity index (χ0n) is 12.6. The fourth-order valence-corrected chi connectivity index (χ4v) is 2.10. The van der Waals surface area contributed by atoms with Gasteiger partial charge in [-0.25, -0.2) is 9.48 Å². The molecule has 3 rings (SSSR count). The van der Waals surface area contributed by atoms with Crippen LogP contribution < -0.4 is 0 Å². The van der Waals surface area contributed by atoms with Gasteiger partial charge in [0.05, 0.1) is 16.8 Å². The monoisotopic (exact) mass is 348 g/mol. The fraction of sp³-hybridized carbons (Fsp3) is 0.125. The number of carbonyl (C=O) groups excluding carboxylic acids is 1. The zero-order valence-corrected chi connectivity index (χ0v) is 12.6. The molecule has 3 aromatic rings. The number of ether oxygens (including phenoxy) is 1. The molecular weight excluding hydrogens is 337 g/mol. The molecule has 0 fully saturated rings. The van der Waals surface area contributed by atoms with Crippen molar-refractivity contribution in [3.05, 3.63) is 71.5 Å². The Morgan fingerprint density at radius 1 is 1.12 bits per heavy atom. The molecule has 0 saturated heterocycles. The Morgan fingerprint density at radius 2 is 1.88 bits per heavy atom. The third kappa shape index (κ3) is 4.00. The minimum Gasteiger partial charge on any atom is -0.457 e. The van der Waals surface area contributed by atoms with E-state index in [1.165, 1.54) is 35.3 Å². The molecule has 0 N–H and O–H groups in total. The van der Waals surface area contributed by atoms with Gasteiger partial charge in [0.25, 0.3) is 0 Å². The number of hydrogen-bond acceptors (Lipinski definition) is 5. The normalized spacial score (nSPS) is 11.3. The number of esters is 1. The number of benzene rings is 2. The fourth-order valence-electron chi connectivity index (χ4n) is 2.10. The molecule has 2 aromatic carbocycles. The van der Waals surface area contributed by atoms with Gasteiger partial charge in [0.15, 0.2) is 0 Å². The molecule has 0 saturated carbocycles. The summed E-state index contributed by atoms with van der Waals surface area (Å²) in [4.78, 5) is 12.0. The summed E-state index contributed by atoms with van der Waals surface area (Å²) in [7, 11) is 0. The third-order valence-corrected chi connectivity index (χ3v) is 3.34. The highest BCUT2D eigenvalue weighted by atomic mass is 19.4. The molecule has 25 heavy (non-hydrogen) atoms. The summed E-state index contributed by atoms with van der Waals surface area (Å²) in [6.45, 7) is -0.252. The SMILES string of the molecule is O=C(OCc1cccc(C(F)(F)F)c1)c1ccc(-n2cnnn2)cc1. The lowest BCUT2D eigenvalue weighted by molar-refractivity contribution is -0.137. The Hall–Kier alpha value is -3.23. The molecule has 0 aliphatic carbocycles. The van der Waals surface area contributed by atoms with Crippen LogP contribution in [0.2, 0.25) is 0 Å². The summed E-state index contributed by atoms with van der Waals surface area (Å²) < 4.78 is 44.5. The van der Waals surface area contributed by atoms with Crippen molar-refractivity contribution in [2.75, 3.05) is 0 Å². The smallest absolute Gasteiger partial charge is 0.416 e. The molecular formula is C16H11F3N4O2. The van der Waals surface area contributed by atoms with E-state index in [-0.39, 0.29) is 17.7 Å². The number of halogens is 3. The second-order valence-corrected chi connectivity index (χ2v) is 5.08. The second-order valence-electron chi connectivity index (χ2n) is 5.08. The highest BCUT2D eigenvalue weighted by Crippen LogP contribution is 2.29. The first-order valence-electron chi connectivity index (χ1n) is 7.10. The van der Waals surface area contributed by atoms with Crippen LogP contribution in [0.5, 0.6) is 0 Å². The lowest BCUT2D eigenvalue weighted by Gasteiger charge is -2.09. The minimum atomic E-state index is -4.44. The highest BCUT2D eigenvalue weighted by Gasteiger charge is 2.30. The summed E-state index contributed by atoms with van der Waals surface area (Å²) in [5.41, 5.74) is 0.392. The maximum absolute atomic E-state index is 12.7. The van der Waals surface area contributed by atoms with Crippen molar-refractivity contribution in [2.45, 2.75) is 12.8 Å². The van der Waals surface area contributed by atoms with Crippen molar-refractivity contribution in [1.82, 2.24) is 20.2 Å². The van der Waals surface area contributed by atoms with E-state index in [1.54, 1.807) is 12.1 Å². The molecule has 0 spiro atoms. The van der Waals surface area contributed by atoms with Gasteiger partial charge < -0.3 is 4.74 Å². The predicted molar refractivity (Wildman–Crippen MR) is 79.7 cm³/mol. The predicted octanol–water partition coefficient (Wildman–Crippen LogP) is 3.04. The van der Waals surface area contributed by atoms with Gasteiger partial charge in [0.2, 0.25) is 0 Å². The van der Waals surface area contributed by atoms with Gasteiger partial charge in [-0.1, -0.05) is 12.1 Å². The quantitative estimate of drug-likeness (QED) is 0.678. The van der Waals surface area contributed by atoms with Gasteiger partial charge in [-0.2, -0.15) is 13.2 Å². The summed E-state index contributed by atoms with van der Waals surface area (Å²) in [5.74, 6) is -0.638. The van der Waals surface area contributed by atoms with Crippen LogP contribution in [0.25, 0.3) is 5.69 Å². The Bertz CT molecular complexity index is 862. The van der Waals surface area contributed by atoms with E-state index in [0.29, 0.717) is 5.69 Å². The van der Waals surface area contributed by atoms with Crippen LogP contribution in [0.1, 0.15) is 21.5 Å². The van der Waals surface area contributed by atoms with E-state index in [1.807, 2.05) is 0 Å². The lowest BCUT2D eigenvalue weighted by Crippen LogP contribution is -2.08. The van der Waals surface area contributed by atoms with Crippen molar-refractivity contribution >= 4 is 5.97 Å². The molecule has 0 unspecified atom stereocenters. The first-order valence-corrected chi connectivity index (χ1v) is 7.10. The van der Waals surface area contributed by atoms with Crippen LogP contribution in [0.15, 0.2) is 54.9 Å². The molecule has 0 radical (unpaired) electrons. The van der Waals surface area contributed by atoms with Gasteiger partial charge >= 0.3 is 12.1 Å². The molecule has 0 atom stereocenters. The van der Waals surface area contributed by atoms with E-state index in [4.69, 9.17) is 4.74 Å². The van der Waals surface area contributed by atoms with Crippen molar-refractivity contribution in [3.63, 3.8) is 0 Å². The average molecular weight is 348 g/mol. The van der Waals surface area contributed by atoms with Gasteiger partial charge in [-0.3, -0.25) is 0 Å². The topological polar surface area (TPSA) is 69.9 Å². The van der Waals surface area contributed by atoms with Crippen LogP contribution in [-0.4, -0.2) is 26.2 Å². The van der Waals surface area contributed by atoms with Crippen molar-refractivity contribution in [3.8, 4) is 5.69 Å². The van der Waals surface area contributed by atoms with Crippen LogP contribution in [0, 0.1) is 0 Å². The van der Waals surface area contributed by atoms with E-state index >= 15 is 0 Å². The van der Waals surface area contributed by atoms with Crippen molar-refractivity contribution < 1.29 is 22.7 Å². The molecule has 9 heteroatoms. The Morgan fingerprint density at radius 3 is 2.52 bits per heavy atom. The number of hydrogen-bond donors (Lipinski definition) is 0. The van der Waals surface area contributed by atoms with Crippen molar-refractivity contribution in [1.29, 1.82) is 0 Å². The molecule has 0 aliphatic rings. The number of rotatable bonds is 4. The standard InChI is InChI=1S/C16H11F3N4O2/c17-16(18,19)13-3-1-2-11(8-13)9-25-15(24)12-4-6-14(7-5-12)23-10-20-21-22-23/h1-8,10H,9H2. The van der Waals surface area contributed by atoms with E-state index in [9.17, 15) is 18.0 Å². The molecule has 6 nitrogen and oxygen atoms in total. The van der Waals surface area contributed by atoms with Crippen LogP contribution in [0.4, 0.5) is 13.2 Å². The molecule has 0 aliphatic heterocycles. The first kappa shape index (κ1) is 16.6. The van der Waals surface area contributed by atoms with Crippen LogP contribution >= 0.6 is 0 Å². The largest absolute Gasteiger partial charge is 0.457 e. The van der Waals surface area contributed by atoms with Gasteiger partial charge in [0.1, 0.15) is 12.9 Å². The van der Waals surface area contributed by atoms with E-state index < -0.39 is 17.7 Å².